The Labute approximate surface area is 81.8 Å². The zero-order valence-electron chi connectivity index (χ0n) is 7.24. The third-order valence-electron chi connectivity index (χ3n) is 1.54. The molecule has 0 N–H and O–H groups in total. The number of hydrogen-bond donors (Lipinski definition) is 0. The number of benzene rings is 1. The van der Waals surface area contributed by atoms with Gasteiger partial charge in [-0.3, -0.25) is 0 Å². The molecule has 1 rings (SSSR count). The molecule has 1 aromatic carbocycles. The Morgan fingerprint density at radius 3 is 2.46 bits per heavy atom. The van der Waals surface area contributed by atoms with E-state index in [1.165, 1.54) is 0 Å². The monoisotopic (exact) mass is 188 g/mol. The highest BCUT2D eigenvalue weighted by atomic mass is 32.2. The number of hydrogen-bond acceptors (Lipinski definition) is 3. The van der Waals surface area contributed by atoms with Gasteiger partial charge in [0.15, 0.2) is 0 Å². The van der Waals surface area contributed by atoms with Crippen molar-refractivity contribution < 1.29 is 0 Å². The van der Waals surface area contributed by atoms with Crippen molar-refractivity contribution in [3.63, 3.8) is 0 Å². The van der Waals surface area contributed by atoms with Gasteiger partial charge in [0.05, 0.1) is 11.1 Å². The highest BCUT2D eigenvalue weighted by molar-refractivity contribution is 7.99. The summed E-state index contributed by atoms with van der Waals surface area (Å²) in [5, 5.41) is 17.4. The Morgan fingerprint density at radius 1 is 1.23 bits per heavy atom. The van der Waals surface area contributed by atoms with Crippen LogP contribution in [0.5, 0.6) is 0 Å². The Hall–Kier alpha value is -1.45. The minimum atomic E-state index is 0.447. The normalized spacial score (nSPS) is 8.85. The average Bonchev–Trinajstić information content (AvgIpc) is 2.18. The van der Waals surface area contributed by atoms with E-state index in [0.717, 1.165) is 10.6 Å². The van der Waals surface area contributed by atoms with Crippen LogP contribution in [0.4, 0.5) is 0 Å². The first-order valence-electron chi connectivity index (χ1n) is 3.89. The van der Waals surface area contributed by atoms with E-state index in [1.54, 1.807) is 23.9 Å². The van der Waals surface area contributed by atoms with Crippen molar-refractivity contribution >= 4 is 11.8 Å². The van der Waals surface area contributed by atoms with Gasteiger partial charge in [0.1, 0.15) is 12.1 Å². The summed E-state index contributed by atoms with van der Waals surface area (Å²) in [4.78, 5) is 1.04. The lowest BCUT2D eigenvalue weighted by atomic mass is 10.1. The molecule has 13 heavy (non-hydrogen) atoms. The van der Waals surface area contributed by atoms with Crippen molar-refractivity contribution in [1.82, 2.24) is 0 Å². The highest BCUT2D eigenvalue weighted by Crippen LogP contribution is 2.20. The molecule has 0 aliphatic rings. The molecular weight excluding hydrogens is 180 g/mol. The van der Waals surface area contributed by atoms with Crippen LogP contribution in [0.25, 0.3) is 0 Å². The van der Waals surface area contributed by atoms with E-state index in [9.17, 15) is 0 Å². The van der Waals surface area contributed by atoms with Crippen LogP contribution in [0.15, 0.2) is 23.1 Å². The van der Waals surface area contributed by atoms with Gasteiger partial charge in [-0.2, -0.15) is 10.5 Å². The van der Waals surface area contributed by atoms with Crippen LogP contribution in [-0.2, 0) is 0 Å². The predicted molar refractivity (Wildman–Crippen MR) is 52.3 cm³/mol. The smallest absolute Gasteiger partial charge is 0.101 e. The van der Waals surface area contributed by atoms with Gasteiger partial charge in [-0.05, 0) is 24.0 Å². The molecule has 0 atom stereocenters. The van der Waals surface area contributed by atoms with Crippen LogP contribution in [0.2, 0.25) is 0 Å². The van der Waals surface area contributed by atoms with Gasteiger partial charge in [-0.1, -0.05) is 6.92 Å². The quantitative estimate of drug-likeness (QED) is 0.670. The second-order valence-corrected chi connectivity index (χ2v) is 3.70. The van der Waals surface area contributed by atoms with Gasteiger partial charge >= 0.3 is 0 Å². The van der Waals surface area contributed by atoms with E-state index in [-0.39, 0.29) is 0 Å². The summed E-state index contributed by atoms with van der Waals surface area (Å²) in [6.45, 7) is 2.05. The topological polar surface area (TPSA) is 47.6 Å². The molecule has 0 heterocycles. The molecule has 0 aromatic heterocycles. The zero-order valence-corrected chi connectivity index (χ0v) is 8.06. The van der Waals surface area contributed by atoms with E-state index < -0.39 is 0 Å². The van der Waals surface area contributed by atoms with Crippen LogP contribution < -0.4 is 0 Å². The fourth-order valence-electron chi connectivity index (χ4n) is 0.970. The van der Waals surface area contributed by atoms with Gasteiger partial charge in [0, 0.05) is 4.90 Å². The average molecular weight is 188 g/mol. The highest BCUT2D eigenvalue weighted by Gasteiger charge is 2.01. The SMILES string of the molecule is CCSc1ccc(C#N)c(C#N)c1. The molecule has 2 nitrogen and oxygen atoms in total. The molecule has 0 spiro atoms. The summed E-state index contributed by atoms with van der Waals surface area (Å²) in [5.74, 6) is 0.969. The third kappa shape index (κ3) is 2.24. The summed E-state index contributed by atoms with van der Waals surface area (Å²) in [6.07, 6.45) is 0. The van der Waals surface area contributed by atoms with Crippen LogP contribution in [0.3, 0.4) is 0 Å². The maximum absolute atomic E-state index is 8.73. The van der Waals surface area contributed by atoms with Crippen LogP contribution in [-0.4, -0.2) is 5.75 Å². The van der Waals surface area contributed by atoms with Crippen molar-refractivity contribution in [1.29, 1.82) is 10.5 Å². The van der Waals surface area contributed by atoms with Gasteiger partial charge in [-0.15, -0.1) is 11.8 Å². The van der Waals surface area contributed by atoms with Crippen molar-refractivity contribution in [3.05, 3.63) is 29.3 Å². The Kier molecular flexibility index (Phi) is 3.37. The summed E-state index contributed by atoms with van der Waals surface area (Å²) < 4.78 is 0. The van der Waals surface area contributed by atoms with E-state index in [2.05, 4.69) is 6.92 Å². The Morgan fingerprint density at radius 2 is 1.92 bits per heavy atom. The lowest BCUT2D eigenvalue weighted by Crippen LogP contribution is -1.84. The lowest BCUT2D eigenvalue weighted by Gasteiger charge is -1.99. The standard InChI is InChI=1S/C10H8N2S/c1-2-13-10-4-3-8(6-11)9(5-10)7-12/h3-5H,2H2,1H3. The first kappa shape index (κ1) is 9.64. The third-order valence-corrected chi connectivity index (χ3v) is 2.42. The van der Waals surface area contributed by atoms with Gasteiger partial charge in [0.2, 0.25) is 0 Å². The van der Waals surface area contributed by atoms with Crippen LogP contribution in [0.1, 0.15) is 18.1 Å². The molecular formula is C10H8N2S. The first-order chi connectivity index (χ1) is 6.31. The fourth-order valence-corrected chi connectivity index (χ4v) is 1.67. The molecule has 0 saturated heterocycles. The van der Waals surface area contributed by atoms with E-state index >= 15 is 0 Å². The molecule has 0 aliphatic carbocycles. The minimum absolute atomic E-state index is 0.447. The van der Waals surface area contributed by atoms with Crippen molar-refractivity contribution in [3.8, 4) is 12.1 Å². The van der Waals surface area contributed by atoms with Crippen molar-refractivity contribution in [2.24, 2.45) is 0 Å². The molecule has 1 aromatic rings. The molecule has 0 fully saturated rings. The Balaban J connectivity index is 3.09. The van der Waals surface area contributed by atoms with Crippen molar-refractivity contribution in [2.75, 3.05) is 5.75 Å². The van der Waals surface area contributed by atoms with E-state index in [0.29, 0.717) is 11.1 Å². The number of thioether (sulfide) groups is 1. The van der Waals surface area contributed by atoms with E-state index in [4.69, 9.17) is 10.5 Å². The summed E-state index contributed by atoms with van der Waals surface area (Å²) in [5.41, 5.74) is 0.906. The second-order valence-electron chi connectivity index (χ2n) is 2.36. The summed E-state index contributed by atoms with van der Waals surface area (Å²) >= 11 is 1.66. The molecule has 0 bridgehead atoms. The van der Waals surface area contributed by atoms with Crippen LogP contribution >= 0.6 is 11.8 Å². The lowest BCUT2D eigenvalue weighted by molar-refractivity contribution is 1.36. The fraction of sp³-hybridized carbons (Fsp3) is 0.200. The molecule has 0 saturated carbocycles. The van der Waals surface area contributed by atoms with Crippen molar-refractivity contribution in [2.45, 2.75) is 11.8 Å². The van der Waals surface area contributed by atoms with E-state index in [1.807, 2.05) is 18.2 Å². The molecule has 0 aliphatic heterocycles. The largest absolute Gasteiger partial charge is 0.192 e. The van der Waals surface area contributed by atoms with Gasteiger partial charge < -0.3 is 0 Å². The molecule has 0 radical (unpaired) electrons. The minimum Gasteiger partial charge on any atom is -0.192 e. The molecule has 0 amide bonds. The number of nitrogens with zero attached hydrogens (tertiary/aromatic N) is 2. The summed E-state index contributed by atoms with van der Waals surface area (Å²) in [6, 6.07) is 9.31. The maximum atomic E-state index is 8.73. The molecule has 64 valence electrons. The predicted octanol–water partition coefficient (Wildman–Crippen LogP) is 2.54. The number of nitriles is 2. The maximum Gasteiger partial charge on any atom is 0.101 e. The first-order valence-corrected chi connectivity index (χ1v) is 4.87. The molecule has 0 unspecified atom stereocenters. The molecule has 3 heteroatoms. The number of rotatable bonds is 2. The van der Waals surface area contributed by atoms with Crippen LogP contribution in [0, 0.1) is 22.7 Å². The zero-order chi connectivity index (χ0) is 9.68. The van der Waals surface area contributed by atoms with Gasteiger partial charge in [-0.25, -0.2) is 0 Å². The Bertz CT molecular complexity index is 385. The van der Waals surface area contributed by atoms with Gasteiger partial charge in [0.25, 0.3) is 0 Å². The summed E-state index contributed by atoms with van der Waals surface area (Å²) in [7, 11) is 0. The second kappa shape index (κ2) is 4.54.